The Morgan fingerprint density at radius 2 is 1.45 bits per heavy atom. The zero-order chi connectivity index (χ0) is 21.7. The van der Waals surface area contributed by atoms with Crippen LogP contribution in [0.4, 0.5) is 0 Å². The van der Waals surface area contributed by atoms with E-state index >= 15 is 0 Å². The summed E-state index contributed by atoms with van der Waals surface area (Å²) in [6, 6.07) is 2.03. The summed E-state index contributed by atoms with van der Waals surface area (Å²) in [5.41, 5.74) is 5.69. The Balaban J connectivity index is 1.83. The molecular formula is C21H30N4O3S. The number of benzene rings is 1. The average Bonchev–Trinajstić information content (AvgIpc) is 2.91. The number of nitrogens with zero attached hydrogens (tertiary/aromatic N) is 4. The third-order valence-electron chi connectivity index (χ3n) is 6.14. The largest absolute Gasteiger partial charge is 0.336 e. The van der Waals surface area contributed by atoms with Crippen LogP contribution in [0.5, 0.6) is 0 Å². The van der Waals surface area contributed by atoms with Crippen LogP contribution in [0.2, 0.25) is 0 Å². The van der Waals surface area contributed by atoms with Gasteiger partial charge in [-0.2, -0.15) is 9.40 Å². The van der Waals surface area contributed by atoms with Crippen molar-refractivity contribution < 1.29 is 13.2 Å². The lowest BCUT2D eigenvalue weighted by Gasteiger charge is -2.35. The zero-order valence-electron chi connectivity index (χ0n) is 18.3. The minimum atomic E-state index is -3.62. The van der Waals surface area contributed by atoms with E-state index in [9.17, 15) is 13.2 Å². The first kappa shape index (κ1) is 21.5. The van der Waals surface area contributed by atoms with Crippen molar-refractivity contribution in [2.24, 2.45) is 7.05 Å². The van der Waals surface area contributed by atoms with Crippen LogP contribution in [-0.2, 0) is 17.1 Å². The number of piperazine rings is 1. The number of carbonyl (C=O) groups is 1. The standard InChI is InChI=1S/C21H30N4O3S/c1-13-12-14(2)16(4)20(15(13)3)29(27,28)25-10-8-24(9-11-25)21(26)19-17(5)22-23(7)18(19)6/h12H,8-11H2,1-7H3. The van der Waals surface area contributed by atoms with E-state index < -0.39 is 10.0 Å². The van der Waals surface area contributed by atoms with Gasteiger partial charge in [-0.1, -0.05) is 6.07 Å². The molecule has 3 rings (SSSR count). The molecule has 1 fully saturated rings. The first-order valence-electron chi connectivity index (χ1n) is 9.83. The van der Waals surface area contributed by atoms with E-state index in [1.165, 1.54) is 4.31 Å². The summed E-state index contributed by atoms with van der Waals surface area (Å²) in [6.45, 7) is 12.6. The molecule has 1 saturated heterocycles. The first-order valence-corrected chi connectivity index (χ1v) is 11.3. The summed E-state index contributed by atoms with van der Waals surface area (Å²) >= 11 is 0. The Kier molecular flexibility index (Phi) is 5.62. The summed E-state index contributed by atoms with van der Waals surface area (Å²) in [7, 11) is -1.80. The van der Waals surface area contributed by atoms with Crippen LogP contribution in [0.1, 0.15) is 44.0 Å². The van der Waals surface area contributed by atoms with Gasteiger partial charge in [0.25, 0.3) is 5.91 Å². The predicted octanol–water partition coefficient (Wildman–Crippen LogP) is 2.42. The molecule has 1 aromatic heterocycles. The number of rotatable bonds is 3. The monoisotopic (exact) mass is 418 g/mol. The number of aromatic nitrogens is 2. The third-order valence-corrected chi connectivity index (χ3v) is 8.32. The maximum Gasteiger partial charge on any atom is 0.257 e. The van der Waals surface area contributed by atoms with Gasteiger partial charge >= 0.3 is 0 Å². The molecule has 0 unspecified atom stereocenters. The second-order valence-electron chi connectivity index (χ2n) is 7.96. The maximum atomic E-state index is 13.4. The lowest BCUT2D eigenvalue weighted by Crippen LogP contribution is -2.50. The van der Waals surface area contributed by atoms with Crippen molar-refractivity contribution in [3.63, 3.8) is 0 Å². The molecule has 2 aromatic rings. The van der Waals surface area contributed by atoms with Crippen LogP contribution in [0.15, 0.2) is 11.0 Å². The minimum absolute atomic E-state index is 0.0797. The van der Waals surface area contributed by atoms with Gasteiger partial charge in [0.15, 0.2) is 0 Å². The summed E-state index contributed by atoms with van der Waals surface area (Å²) in [4.78, 5) is 15.1. The quantitative estimate of drug-likeness (QED) is 0.767. The molecular weight excluding hydrogens is 388 g/mol. The summed E-state index contributed by atoms with van der Waals surface area (Å²) in [6.07, 6.45) is 0. The molecule has 0 bridgehead atoms. The molecule has 29 heavy (non-hydrogen) atoms. The van der Waals surface area contributed by atoms with Crippen molar-refractivity contribution in [1.29, 1.82) is 0 Å². The van der Waals surface area contributed by atoms with Crippen LogP contribution < -0.4 is 0 Å². The third kappa shape index (κ3) is 3.59. The second-order valence-corrected chi connectivity index (χ2v) is 9.83. The number of carbonyl (C=O) groups excluding carboxylic acids is 1. The Morgan fingerprint density at radius 3 is 1.90 bits per heavy atom. The molecule has 7 nitrogen and oxygen atoms in total. The van der Waals surface area contributed by atoms with Crippen LogP contribution in [0, 0.1) is 41.5 Å². The van der Waals surface area contributed by atoms with Crippen molar-refractivity contribution in [1.82, 2.24) is 19.0 Å². The predicted molar refractivity (Wildman–Crippen MR) is 113 cm³/mol. The lowest BCUT2D eigenvalue weighted by atomic mass is 10.0. The molecule has 0 radical (unpaired) electrons. The van der Waals surface area contributed by atoms with Gasteiger partial charge in [-0.05, 0) is 63.8 Å². The molecule has 1 aliphatic heterocycles. The van der Waals surface area contributed by atoms with E-state index in [0.717, 1.165) is 27.9 Å². The van der Waals surface area contributed by atoms with Crippen molar-refractivity contribution in [3.8, 4) is 0 Å². The Morgan fingerprint density at radius 1 is 0.931 bits per heavy atom. The first-order chi connectivity index (χ1) is 13.5. The topological polar surface area (TPSA) is 75.5 Å². The minimum Gasteiger partial charge on any atom is -0.336 e. The number of amides is 1. The SMILES string of the molecule is Cc1cc(C)c(C)c(S(=O)(=O)N2CCN(C(=O)c3c(C)nn(C)c3C)CC2)c1C. The van der Waals surface area contributed by atoms with E-state index in [1.54, 1.807) is 9.58 Å². The van der Waals surface area contributed by atoms with Crippen LogP contribution in [-0.4, -0.2) is 59.5 Å². The van der Waals surface area contributed by atoms with E-state index in [2.05, 4.69) is 5.10 Å². The molecule has 1 amide bonds. The fraction of sp³-hybridized carbons (Fsp3) is 0.524. The van der Waals surface area contributed by atoms with Gasteiger partial charge in [-0.3, -0.25) is 9.48 Å². The maximum absolute atomic E-state index is 13.4. The Hall–Kier alpha value is -2.19. The fourth-order valence-corrected chi connectivity index (χ4v) is 6.07. The number of aryl methyl sites for hydroxylation is 4. The van der Waals surface area contributed by atoms with E-state index in [1.807, 2.05) is 54.7 Å². The zero-order valence-corrected chi connectivity index (χ0v) is 19.1. The number of sulfonamides is 1. The normalized spacial score (nSPS) is 15.8. The highest BCUT2D eigenvalue weighted by molar-refractivity contribution is 7.89. The average molecular weight is 419 g/mol. The van der Waals surface area contributed by atoms with Crippen molar-refractivity contribution in [2.75, 3.05) is 26.2 Å². The molecule has 0 spiro atoms. The number of hydrogen-bond acceptors (Lipinski definition) is 4. The molecule has 1 aromatic carbocycles. The number of hydrogen-bond donors (Lipinski definition) is 0. The summed E-state index contributed by atoms with van der Waals surface area (Å²) in [5.74, 6) is -0.0797. The van der Waals surface area contributed by atoms with Crippen molar-refractivity contribution in [2.45, 2.75) is 46.4 Å². The molecule has 0 atom stereocenters. The molecule has 1 aliphatic rings. The lowest BCUT2D eigenvalue weighted by molar-refractivity contribution is 0.0696. The summed E-state index contributed by atoms with van der Waals surface area (Å²) < 4.78 is 30.0. The van der Waals surface area contributed by atoms with Crippen LogP contribution in [0.3, 0.4) is 0 Å². The van der Waals surface area contributed by atoms with E-state index in [0.29, 0.717) is 29.2 Å². The molecule has 0 saturated carbocycles. The van der Waals surface area contributed by atoms with Gasteiger partial charge in [0.1, 0.15) is 0 Å². The Bertz CT molecular complexity index is 1050. The highest BCUT2D eigenvalue weighted by atomic mass is 32.2. The van der Waals surface area contributed by atoms with Crippen LogP contribution >= 0.6 is 0 Å². The molecule has 0 N–H and O–H groups in total. The summed E-state index contributed by atoms with van der Waals surface area (Å²) in [5, 5.41) is 4.32. The molecule has 0 aliphatic carbocycles. The smallest absolute Gasteiger partial charge is 0.257 e. The van der Waals surface area contributed by atoms with Gasteiger partial charge in [0.05, 0.1) is 16.2 Å². The second kappa shape index (κ2) is 7.57. The van der Waals surface area contributed by atoms with Gasteiger partial charge in [-0.25, -0.2) is 8.42 Å². The highest BCUT2D eigenvalue weighted by Gasteiger charge is 2.34. The van der Waals surface area contributed by atoms with E-state index in [-0.39, 0.29) is 19.0 Å². The van der Waals surface area contributed by atoms with Gasteiger partial charge in [0.2, 0.25) is 10.0 Å². The van der Waals surface area contributed by atoms with E-state index in [4.69, 9.17) is 0 Å². The van der Waals surface area contributed by atoms with Crippen molar-refractivity contribution in [3.05, 3.63) is 45.3 Å². The van der Waals surface area contributed by atoms with Gasteiger partial charge in [0, 0.05) is 38.9 Å². The molecule has 158 valence electrons. The van der Waals surface area contributed by atoms with Gasteiger partial charge < -0.3 is 4.90 Å². The molecule has 2 heterocycles. The molecule has 8 heteroatoms. The fourth-order valence-electron chi connectivity index (χ4n) is 4.07. The highest BCUT2D eigenvalue weighted by Crippen LogP contribution is 2.29. The Labute approximate surface area is 173 Å². The van der Waals surface area contributed by atoms with Crippen molar-refractivity contribution >= 4 is 15.9 Å². The van der Waals surface area contributed by atoms with Crippen LogP contribution in [0.25, 0.3) is 0 Å². The van der Waals surface area contributed by atoms with Gasteiger partial charge in [-0.15, -0.1) is 0 Å².